The number of ether oxygens (including phenoxy) is 1. The summed E-state index contributed by atoms with van der Waals surface area (Å²) < 4.78 is 31.2. The van der Waals surface area contributed by atoms with E-state index in [1.165, 1.54) is 19.4 Å². The van der Waals surface area contributed by atoms with Gasteiger partial charge >= 0.3 is 0 Å². The van der Waals surface area contributed by atoms with Crippen molar-refractivity contribution in [2.24, 2.45) is 0 Å². The summed E-state index contributed by atoms with van der Waals surface area (Å²) >= 11 is 0. The van der Waals surface area contributed by atoms with E-state index < -0.39 is 11.6 Å². The maximum absolute atomic E-state index is 13.2. The van der Waals surface area contributed by atoms with Crippen molar-refractivity contribution in [1.82, 2.24) is 4.98 Å². The number of halogens is 2. The van der Waals surface area contributed by atoms with E-state index in [2.05, 4.69) is 4.98 Å². The van der Waals surface area contributed by atoms with Gasteiger partial charge in [-0.3, -0.25) is 0 Å². The third kappa shape index (κ3) is 2.17. The molecule has 1 aromatic carbocycles. The van der Waals surface area contributed by atoms with Gasteiger partial charge in [-0.15, -0.1) is 0 Å². The second kappa shape index (κ2) is 5.10. The molecule has 0 saturated carbocycles. The number of rotatable bonds is 3. The predicted octanol–water partition coefficient (Wildman–Crippen LogP) is 2.53. The lowest BCUT2D eigenvalue weighted by Crippen LogP contribution is -1.97. The van der Waals surface area contributed by atoms with Crippen molar-refractivity contribution < 1.29 is 18.6 Å². The summed E-state index contributed by atoms with van der Waals surface area (Å²) in [6, 6.07) is 5.09. The lowest BCUT2D eigenvalue weighted by Gasteiger charge is -2.11. The molecule has 2 rings (SSSR count). The molecule has 18 heavy (non-hydrogen) atoms. The molecular formula is C13H11F2NO2. The highest BCUT2D eigenvalue weighted by Crippen LogP contribution is 2.32. The van der Waals surface area contributed by atoms with Crippen molar-refractivity contribution >= 4 is 0 Å². The molecule has 0 aliphatic heterocycles. The molecule has 94 valence electrons. The third-order valence-corrected chi connectivity index (χ3v) is 2.57. The number of aliphatic hydroxyl groups excluding tert-OH is 1. The van der Waals surface area contributed by atoms with E-state index in [1.54, 1.807) is 6.07 Å². The van der Waals surface area contributed by atoms with Crippen LogP contribution in [0.1, 0.15) is 5.56 Å². The van der Waals surface area contributed by atoms with E-state index in [9.17, 15) is 13.9 Å². The molecule has 5 heteroatoms. The first-order valence-corrected chi connectivity index (χ1v) is 5.25. The molecule has 0 aliphatic carbocycles. The van der Waals surface area contributed by atoms with Crippen molar-refractivity contribution in [2.75, 3.05) is 7.11 Å². The fourth-order valence-electron chi connectivity index (χ4n) is 1.73. The van der Waals surface area contributed by atoms with Crippen molar-refractivity contribution in [3.8, 4) is 17.0 Å². The number of methoxy groups -OCH3 is 1. The van der Waals surface area contributed by atoms with Gasteiger partial charge in [-0.1, -0.05) is 6.07 Å². The summed E-state index contributed by atoms with van der Waals surface area (Å²) in [6.45, 7) is -0.243. The van der Waals surface area contributed by atoms with Gasteiger partial charge in [-0.25, -0.2) is 13.8 Å². The van der Waals surface area contributed by atoms with Gasteiger partial charge in [0.15, 0.2) is 11.6 Å². The van der Waals surface area contributed by atoms with Crippen LogP contribution in [-0.2, 0) is 6.61 Å². The quantitative estimate of drug-likeness (QED) is 0.911. The molecule has 3 nitrogen and oxygen atoms in total. The zero-order chi connectivity index (χ0) is 13.1. The summed E-state index contributed by atoms with van der Waals surface area (Å²) in [6.07, 6.45) is 1.48. The summed E-state index contributed by atoms with van der Waals surface area (Å²) in [5.74, 6) is -1.62. The number of pyridine rings is 1. The van der Waals surface area contributed by atoms with Gasteiger partial charge in [0.05, 0.1) is 13.7 Å². The number of aromatic nitrogens is 1. The van der Waals surface area contributed by atoms with Crippen LogP contribution in [0.2, 0.25) is 0 Å². The normalized spacial score (nSPS) is 10.4. The van der Waals surface area contributed by atoms with E-state index in [0.29, 0.717) is 16.7 Å². The standard InChI is InChI=1S/C13H11F2NO2/c1-18-13-12(9(7-17)4-5-16-13)8-2-3-10(14)11(15)6-8/h2-6,17H,7H2,1H3. The average Bonchev–Trinajstić information content (AvgIpc) is 2.41. The Bertz CT molecular complexity index is 551. The highest BCUT2D eigenvalue weighted by Gasteiger charge is 2.14. The molecule has 0 aliphatic rings. The maximum Gasteiger partial charge on any atom is 0.221 e. The van der Waals surface area contributed by atoms with Crippen LogP contribution >= 0.6 is 0 Å². The van der Waals surface area contributed by atoms with Crippen molar-refractivity contribution in [2.45, 2.75) is 6.61 Å². The van der Waals surface area contributed by atoms with Crippen LogP contribution in [0.4, 0.5) is 8.78 Å². The van der Waals surface area contributed by atoms with E-state index in [-0.39, 0.29) is 12.5 Å². The van der Waals surface area contributed by atoms with Gasteiger partial charge in [0.25, 0.3) is 0 Å². The molecule has 1 aromatic heterocycles. The predicted molar refractivity (Wildman–Crippen MR) is 62.1 cm³/mol. The van der Waals surface area contributed by atoms with Crippen molar-refractivity contribution in [3.63, 3.8) is 0 Å². The minimum absolute atomic E-state index is 0.243. The second-order valence-electron chi connectivity index (χ2n) is 3.64. The van der Waals surface area contributed by atoms with Gasteiger partial charge in [0.1, 0.15) is 0 Å². The second-order valence-corrected chi connectivity index (χ2v) is 3.64. The molecule has 2 aromatic rings. The summed E-state index contributed by atoms with van der Waals surface area (Å²) in [4.78, 5) is 3.98. The van der Waals surface area contributed by atoms with Crippen molar-refractivity contribution in [1.29, 1.82) is 0 Å². The average molecular weight is 251 g/mol. The minimum Gasteiger partial charge on any atom is -0.481 e. The van der Waals surface area contributed by atoms with Crippen LogP contribution in [0.25, 0.3) is 11.1 Å². The minimum atomic E-state index is -0.956. The van der Waals surface area contributed by atoms with E-state index >= 15 is 0 Å². The van der Waals surface area contributed by atoms with Crippen LogP contribution in [0, 0.1) is 11.6 Å². The zero-order valence-electron chi connectivity index (χ0n) is 9.65. The van der Waals surface area contributed by atoms with Gasteiger partial charge in [-0.05, 0) is 29.3 Å². The fraction of sp³-hybridized carbons (Fsp3) is 0.154. The smallest absolute Gasteiger partial charge is 0.221 e. The molecule has 0 atom stereocenters. The van der Waals surface area contributed by atoms with Gasteiger partial charge in [-0.2, -0.15) is 0 Å². The first-order valence-electron chi connectivity index (χ1n) is 5.25. The lowest BCUT2D eigenvalue weighted by atomic mass is 10.0. The zero-order valence-corrected chi connectivity index (χ0v) is 9.65. The Kier molecular flexibility index (Phi) is 3.53. The Labute approximate surface area is 103 Å². The monoisotopic (exact) mass is 251 g/mol. The Morgan fingerprint density at radius 1 is 1.22 bits per heavy atom. The summed E-state index contributed by atoms with van der Waals surface area (Å²) in [5, 5.41) is 9.27. The Morgan fingerprint density at radius 3 is 2.61 bits per heavy atom. The molecular weight excluding hydrogens is 240 g/mol. The fourth-order valence-corrected chi connectivity index (χ4v) is 1.73. The first kappa shape index (κ1) is 12.4. The highest BCUT2D eigenvalue weighted by molar-refractivity contribution is 5.72. The molecule has 0 spiro atoms. The number of hydrogen-bond acceptors (Lipinski definition) is 3. The highest BCUT2D eigenvalue weighted by atomic mass is 19.2. The van der Waals surface area contributed by atoms with Crippen LogP contribution < -0.4 is 4.74 Å². The third-order valence-electron chi connectivity index (χ3n) is 2.57. The molecule has 0 unspecified atom stereocenters. The van der Waals surface area contributed by atoms with E-state index in [4.69, 9.17) is 4.74 Å². The summed E-state index contributed by atoms with van der Waals surface area (Å²) in [7, 11) is 1.42. The largest absolute Gasteiger partial charge is 0.481 e. The van der Waals surface area contributed by atoms with Crippen LogP contribution in [0.15, 0.2) is 30.5 Å². The SMILES string of the molecule is COc1nccc(CO)c1-c1ccc(F)c(F)c1. The van der Waals surface area contributed by atoms with Crippen LogP contribution in [-0.4, -0.2) is 17.2 Å². The van der Waals surface area contributed by atoms with Crippen LogP contribution in [0.3, 0.4) is 0 Å². The number of benzene rings is 1. The van der Waals surface area contributed by atoms with Crippen LogP contribution in [0.5, 0.6) is 5.88 Å². The molecule has 0 amide bonds. The Morgan fingerprint density at radius 2 is 2.00 bits per heavy atom. The molecule has 0 fully saturated rings. The first-order chi connectivity index (χ1) is 8.67. The Balaban J connectivity index is 2.64. The van der Waals surface area contributed by atoms with Gasteiger partial charge in [0.2, 0.25) is 5.88 Å². The van der Waals surface area contributed by atoms with Gasteiger partial charge in [0, 0.05) is 11.8 Å². The number of nitrogens with zero attached hydrogens (tertiary/aromatic N) is 1. The molecule has 1 N–H and O–H groups in total. The van der Waals surface area contributed by atoms with Gasteiger partial charge < -0.3 is 9.84 Å². The lowest BCUT2D eigenvalue weighted by molar-refractivity contribution is 0.281. The number of hydrogen-bond donors (Lipinski definition) is 1. The number of aliphatic hydroxyl groups is 1. The summed E-state index contributed by atoms with van der Waals surface area (Å²) in [5.41, 5.74) is 1.40. The Hall–Kier alpha value is -2.01. The van der Waals surface area contributed by atoms with E-state index in [1.807, 2.05) is 0 Å². The molecule has 1 heterocycles. The molecule has 0 saturated heterocycles. The van der Waals surface area contributed by atoms with E-state index in [0.717, 1.165) is 12.1 Å². The molecule has 0 radical (unpaired) electrons. The van der Waals surface area contributed by atoms with Crippen molar-refractivity contribution in [3.05, 3.63) is 47.7 Å². The maximum atomic E-state index is 13.2. The topological polar surface area (TPSA) is 42.4 Å². The molecule has 0 bridgehead atoms.